The van der Waals surface area contributed by atoms with E-state index in [1.165, 1.54) is 178 Å². The summed E-state index contributed by atoms with van der Waals surface area (Å²) in [6.45, 7) is 8.29. The van der Waals surface area contributed by atoms with Crippen LogP contribution >= 0.6 is 0 Å². The first kappa shape index (κ1) is 42.1. The first-order chi connectivity index (χ1) is 24.7. The standard InChI is InChI=1S/C48H79N2/c1-4-6-8-10-12-14-15-16-17-18-19-20-21-23-25-33-39-47(48(3,46-37-31-28-32-38-46)43-45-35-29-27-30-36-45)50-42-41-49(44-50)40-34-26-24-22-13-11-9-7-5-2/h27-32,35-38,41-42,44,47H,4-26,33-34,39-40,43H2,1-3H3/q+1. The quantitative estimate of drug-likeness (QED) is 0.0457. The second-order valence-electron chi connectivity index (χ2n) is 16.0. The molecule has 0 aliphatic heterocycles. The molecular formula is C48H79N2+. The maximum atomic E-state index is 2.59. The van der Waals surface area contributed by atoms with Crippen molar-refractivity contribution in [3.05, 3.63) is 90.5 Å². The summed E-state index contributed by atoms with van der Waals surface area (Å²) in [4.78, 5) is 0. The molecule has 0 saturated heterocycles. The lowest BCUT2D eigenvalue weighted by Crippen LogP contribution is -2.38. The highest BCUT2D eigenvalue weighted by molar-refractivity contribution is 5.30. The third kappa shape index (κ3) is 17.2. The zero-order valence-corrected chi connectivity index (χ0v) is 33.3. The van der Waals surface area contributed by atoms with E-state index in [-0.39, 0.29) is 5.41 Å². The summed E-state index contributed by atoms with van der Waals surface area (Å²) in [5.41, 5.74) is 2.90. The first-order valence-corrected chi connectivity index (χ1v) is 21.8. The molecule has 50 heavy (non-hydrogen) atoms. The predicted molar refractivity (Wildman–Crippen MR) is 219 cm³/mol. The lowest BCUT2D eigenvalue weighted by Gasteiger charge is -2.37. The van der Waals surface area contributed by atoms with Crippen LogP contribution < -0.4 is 4.57 Å². The normalized spacial score (nSPS) is 13.4. The van der Waals surface area contributed by atoms with Gasteiger partial charge in [-0.3, -0.25) is 0 Å². The SMILES string of the molecule is CCCCCCCCCCCCCCCCCCC(n1cc[n+](CCCCCCCCCCC)c1)C(C)(Cc1ccccc1)c1ccccc1. The van der Waals surface area contributed by atoms with Crippen molar-refractivity contribution in [2.45, 2.75) is 212 Å². The summed E-state index contributed by atoms with van der Waals surface area (Å²) in [6, 6.07) is 23.0. The highest BCUT2D eigenvalue weighted by atomic mass is 15.1. The van der Waals surface area contributed by atoms with E-state index >= 15 is 0 Å². The van der Waals surface area contributed by atoms with Crippen LogP contribution in [0.4, 0.5) is 0 Å². The van der Waals surface area contributed by atoms with E-state index in [2.05, 4.69) is 109 Å². The Hall–Kier alpha value is -2.35. The summed E-state index contributed by atoms with van der Waals surface area (Å²) in [7, 11) is 0. The van der Waals surface area contributed by atoms with E-state index in [0.29, 0.717) is 6.04 Å². The van der Waals surface area contributed by atoms with Crippen molar-refractivity contribution in [3.63, 3.8) is 0 Å². The van der Waals surface area contributed by atoms with Crippen LogP contribution in [0, 0.1) is 0 Å². The Labute approximate surface area is 310 Å². The van der Waals surface area contributed by atoms with Gasteiger partial charge in [0.05, 0.1) is 6.54 Å². The number of unbranched alkanes of at least 4 members (excludes halogenated alkanes) is 23. The molecule has 1 heterocycles. The Bertz CT molecular complexity index is 1170. The average Bonchev–Trinajstić information content (AvgIpc) is 3.61. The van der Waals surface area contributed by atoms with Gasteiger partial charge in [-0.25, -0.2) is 9.13 Å². The second kappa shape index (κ2) is 27.3. The molecule has 2 nitrogen and oxygen atoms in total. The monoisotopic (exact) mass is 684 g/mol. The Kier molecular flexibility index (Phi) is 23.0. The number of imidazole rings is 1. The minimum absolute atomic E-state index is 0.00669. The molecule has 2 unspecified atom stereocenters. The minimum atomic E-state index is 0.00669. The third-order valence-corrected chi connectivity index (χ3v) is 11.5. The summed E-state index contributed by atoms with van der Waals surface area (Å²) in [5, 5.41) is 0. The van der Waals surface area contributed by atoms with E-state index < -0.39 is 0 Å². The Morgan fingerprint density at radius 2 is 0.940 bits per heavy atom. The molecule has 0 fully saturated rings. The number of aryl methyl sites for hydroxylation is 1. The van der Waals surface area contributed by atoms with Gasteiger partial charge in [0.1, 0.15) is 18.4 Å². The smallest absolute Gasteiger partial charge is 0.237 e. The van der Waals surface area contributed by atoms with Crippen LogP contribution in [0.2, 0.25) is 0 Å². The Morgan fingerprint density at radius 1 is 0.520 bits per heavy atom. The molecule has 3 rings (SSSR count). The molecule has 0 radical (unpaired) electrons. The van der Waals surface area contributed by atoms with Crippen LogP contribution in [-0.4, -0.2) is 4.57 Å². The highest BCUT2D eigenvalue weighted by Crippen LogP contribution is 2.41. The molecule has 0 aliphatic carbocycles. The van der Waals surface area contributed by atoms with E-state index in [1.54, 1.807) is 0 Å². The number of nitrogens with zero attached hydrogens (tertiary/aromatic N) is 2. The molecule has 280 valence electrons. The van der Waals surface area contributed by atoms with Gasteiger partial charge in [0.15, 0.2) is 0 Å². The van der Waals surface area contributed by atoms with E-state index in [9.17, 15) is 0 Å². The Balaban J connectivity index is 1.50. The second-order valence-corrected chi connectivity index (χ2v) is 16.0. The fraction of sp³-hybridized carbons (Fsp3) is 0.688. The molecule has 2 heteroatoms. The van der Waals surface area contributed by atoms with Gasteiger partial charge in [0.25, 0.3) is 0 Å². The van der Waals surface area contributed by atoms with Gasteiger partial charge in [0.2, 0.25) is 6.33 Å². The van der Waals surface area contributed by atoms with Crippen molar-refractivity contribution < 1.29 is 4.57 Å². The van der Waals surface area contributed by atoms with Crippen molar-refractivity contribution in [1.82, 2.24) is 4.57 Å². The lowest BCUT2D eigenvalue weighted by atomic mass is 9.70. The average molecular weight is 684 g/mol. The van der Waals surface area contributed by atoms with Crippen LogP contribution in [0.15, 0.2) is 79.4 Å². The summed E-state index contributed by atoms with van der Waals surface area (Å²) < 4.78 is 5.06. The molecule has 0 saturated carbocycles. The van der Waals surface area contributed by atoms with Gasteiger partial charge >= 0.3 is 0 Å². The number of benzene rings is 2. The number of hydrogen-bond acceptors (Lipinski definition) is 0. The van der Waals surface area contributed by atoms with E-state index in [0.717, 1.165) is 13.0 Å². The van der Waals surface area contributed by atoms with Gasteiger partial charge in [-0.1, -0.05) is 223 Å². The third-order valence-electron chi connectivity index (χ3n) is 11.5. The molecule has 0 amide bonds. The van der Waals surface area contributed by atoms with Crippen molar-refractivity contribution >= 4 is 0 Å². The van der Waals surface area contributed by atoms with Gasteiger partial charge in [0, 0.05) is 5.41 Å². The molecule has 0 spiro atoms. The maximum Gasteiger partial charge on any atom is 0.244 e. The number of aromatic nitrogens is 2. The molecule has 0 N–H and O–H groups in total. The lowest BCUT2D eigenvalue weighted by molar-refractivity contribution is -0.697. The Morgan fingerprint density at radius 3 is 1.42 bits per heavy atom. The van der Waals surface area contributed by atoms with Crippen LogP contribution in [0.25, 0.3) is 0 Å². The van der Waals surface area contributed by atoms with Gasteiger partial charge in [-0.05, 0) is 43.2 Å². The van der Waals surface area contributed by atoms with Crippen LogP contribution in [0.5, 0.6) is 0 Å². The van der Waals surface area contributed by atoms with Crippen molar-refractivity contribution in [2.24, 2.45) is 0 Å². The molecule has 2 atom stereocenters. The molecule has 3 aromatic rings. The number of hydrogen-bond donors (Lipinski definition) is 0. The van der Waals surface area contributed by atoms with E-state index in [4.69, 9.17) is 0 Å². The predicted octanol–water partition coefficient (Wildman–Crippen LogP) is 14.7. The topological polar surface area (TPSA) is 8.81 Å². The fourth-order valence-electron chi connectivity index (χ4n) is 8.27. The molecule has 1 aromatic heterocycles. The summed E-state index contributed by atoms with van der Waals surface area (Å²) in [6.07, 6.45) is 44.6. The largest absolute Gasteiger partial charge is 0.244 e. The first-order valence-electron chi connectivity index (χ1n) is 21.8. The molecule has 2 aromatic carbocycles. The summed E-state index contributed by atoms with van der Waals surface area (Å²) in [5.74, 6) is 0. The van der Waals surface area contributed by atoms with E-state index in [1.807, 2.05) is 0 Å². The maximum absolute atomic E-state index is 2.59. The number of rotatable bonds is 32. The van der Waals surface area contributed by atoms with Gasteiger partial charge in [-0.15, -0.1) is 0 Å². The van der Waals surface area contributed by atoms with Gasteiger partial charge < -0.3 is 0 Å². The van der Waals surface area contributed by atoms with Crippen molar-refractivity contribution in [2.75, 3.05) is 0 Å². The van der Waals surface area contributed by atoms with Crippen molar-refractivity contribution in [3.8, 4) is 0 Å². The minimum Gasteiger partial charge on any atom is -0.237 e. The zero-order chi connectivity index (χ0) is 35.4. The summed E-state index contributed by atoms with van der Waals surface area (Å²) >= 11 is 0. The van der Waals surface area contributed by atoms with Crippen molar-refractivity contribution in [1.29, 1.82) is 0 Å². The molecular weight excluding hydrogens is 605 g/mol. The van der Waals surface area contributed by atoms with Crippen LogP contribution in [0.1, 0.15) is 205 Å². The zero-order valence-electron chi connectivity index (χ0n) is 33.3. The van der Waals surface area contributed by atoms with Crippen LogP contribution in [-0.2, 0) is 18.4 Å². The fourth-order valence-corrected chi connectivity index (χ4v) is 8.27. The molecule has 0 bridgehead atoms. The van der Waals surface area contributed by atoms with Crippen LogP contribution in [0.3, 0.4) is 0 Å². The highest BCUT2D eigenvalue weighted by Gasteiger charge is 2.40. The molecule has 0 aliphatic rings. The van der Waals surface area contributed by atoms with Gasteiger partial charge in [-0.2, -0.15) is 0 Å².